The van der Waals surface area contributed by atoms with Gasteiger partial charge in [-0.2, -0.15) is 0 Å². The first kappa shape index (κ1) is 67.1. The maximum atomic E-state index is 12.6. The van der Waals surface area contributed by atoms with Gasteiger partial charge in [-0.3, -0.25) is 4.79 Å². The number of carbonyl (C=O) groups excluding carboxylic acids is 1. The van der Waals surface area contributed by atoms with Crippen LogP contribution in [0.15, 0.2) is 12.2 Å². The minimum atomic E-state index is -0.927. The molecule has 406 valence electrons. The molecule has 0 rings (SSSR count). The van der Waals surface area contributed by atoms with Crippen LogP contribution >= 0.6 is 0 Å². The molecule has 0 saturated carbocycles. The van der Waals surface area contributed by atoms with Gasteiger partial charge in [0.15, 0.2) is 0 Å². The molecule has 0 radical (unpaired) electrons. The predicted molar refractivity (Wildman–Crippen MR) is 301 cm³/mol. The molecule has 5 heteroatoms. The summed E-state index contributed by atoms with van der Waals surface area (Å²) in [6.07, 6.45) is 74.3. The van der Waals surface area contributed by atoms with Crippen molar-refractivity contribution in [3.05, 3.63) is 12.2 Å². The maximum Gasteiger partial charge on any atom is 0.222 e. The van der Waals surface area contributed by atoms with Crippen LogP contribution < -0.4 is 5.32 Å². The number of rotatable bonds is 59. The Morgan fingerprint density at radius 1 is 0.368 bits per heavy atom. The van der Waals surface area contributed by atoms with Crippen LogP contribution in [0.1, 0.15) is 361 Å². The fourth-order valence-electron chi connectivity index (χ4n) is 10.3. The van der Waals surface area contributed by atoms with Crippen molar-refractivity contribution in [2.75, 3.05) is 6.61 Å². The van der Waals surface area contributed by atoms with E-state index in [1.807, 2.05) is 6.08 Å². The van der Waals surface area contributed by atoms with Crippen LogP contribution in [-0.4, -0.2) is 46.1 Å². The Balaban J connectivity index is 3.50. The topological polar surface area (TPSA) is 89.8 Å². The summed E-state index contributed by atoms with van der Waals surface area (Å²) in [5.74, 6) is -0.306. The molecule has 0 aromatic rings. The molecule has 1 amide bonds. The fraction of sp³-hybridized carbons (Fsp3) is 0.952. The van der Waals surface area contributed by atoms with Crippen LogP contribution in [0.5, 0.6) is 0 Å². The third-order valence-electron chi connectivity index (χ3n) is 15.1. The smallest absolute Gasteiger partial charge is 0.222 e. The molecule has 0 aromatic carbocycles. The van der Waals surface area contributed by atoms with E-state index in [0.717, 1.165) is 25.7 Å². The lowest BCUT2D eigenvalue weighted by Gasteiger charge is -2.21. The van der Waals surface area contributed by atoms with Gasteiger partial charge in [0.05, 0.1) is 31.3 Å². The van der Waals surface area contributed by atoms with Gasteiger partial charge < -0.3 is 20.6 Å². The zero-order chi connectivity index (χ0) is 49.3. The lowest BCUT2D eigenvalue weighted by Crippen LogP contribution is -2.45. The summed E-state index contributed by atoms with van der Waals surface area (Å²) >= 11 is 0. The van der Waals surface area contributed by atoms with Gasteiger partial charge in [0.2, 0.25) is 5.91 Å². The molecule has 3 atom stereocenters. The Kier molecular flexibility index (Phi) is 57.9. The second kappa shape index (κ2) is 58.7. The van der Waals surface area contributed by atoms with Crippen molar-refractivity contribution in [2.45, 2.75) is 379 Å². The van der Waals surface area contributed by atoms with Crippen LogP contribution in [0.25, 0.3) is 0 Å². The van der Waals surface area contributed by atoms with Gasteiger partial charge in [0.1, 0.15) is 0 Å². The molecular weight excluding hydrogens is 835 g/mol. The largest absolute Gasteiger partial charge is 0.394 e. The van der Waals surface area contributed by atoms with Gasteiger partial charge in [0, 0.05) is 0 Å². The minimum Gasteiger partial charge on any atom is -0.394 e. The van der Waals surface area contributed by atoms with E-state index in [4.69, 9.17) is 0 Å². The van der Waals surface area contributed by atoms with Crippen molar-refractivity contribution in [2.24, 2.45) is 0 Å². The first-order valence-corrected chi connectivity index (χ1v) is 31.5. The molecular formula is C63H125NO4. The SMILES string of the molecule is CCCCCCCCCCCCCCCCCCCCCCCCC/C=C/C(O)C(CO)NC(=O)CC(O)CCCCCCCCCCCCCCCCCCCCCCCCCCCCCC. The predicted octanol–water partition coefficient (Wildman–Crippen LogP) is 19.8. The summed E-state index contributed by atoms with van der Waals surface area (Å²) in [5.41, 5.74) is 0. The molecule has 0 aliphatic rings. The van der Waals surface area contributed by atoms with Crippen LogP contribution in [-0.2, 0) is 4.79 Å². The number of aliphatic hydroxyl groups excluding tert-OH is 3. The number of hydrogen-bond donors (Lipinski definition) is 4. The number of allylic oxidation sites excluding steroid dienone is 1. The summed E-state index contributed by atoms with van der Waals surface area (Å²) in [7, 11) is 0. The van der Waals surface area contributed by atoms with Crippen molar-refractivity contribution in [1.29, 1.82) is 0 Å². The highest BCUT2D eigenvalue weighted by Gasteiger charge is 2.20. The lowest BCUT2D eigenvalue weighted by atomic mass is 10.0. The molecule has 3 unspecified atom stereocenters. The molecule has 0 fully saturated rings. The number of aliphatic hydroxyl groups is 3. The quantitative estimate of drug-likeness (QED) is 0.0361. The van der Waals surface area contributed by atoms with E-state index in [1.54, 1.807) is 6.08 Å². The third kappa shape index (κ3) is 54.4. The summed E-state index contributed by atoms with van der Waals surface area (Å²) < 4.78 is 0. The molecule has 0 heterocycles. The highest BCUT2D eigenvalue weighted by atomic mass is 16.3. The van der Waals surface area contributed by atoms with E-state index < -0.39 is 18.2 Å². The second-order valence-electron chi connectivity index (χ2n) is 22.0. The van der Waals surface area contributed by atoms with E-state index in [1.165, 1.54) is 308 Å². The highest BCUT2D eigenvalue weighted by Crippen LogP contribution is 2.19. The summed E-state index contributed by atoms with van der Waals surface area (Å²) in [5, 5.41) is 33.6. The Morgan fingerprint density at radius 3 is 0.853 bits per heavy atom. The van der Waals surface area contributed by atoms with Crippen molar-refractivity contribution in [1.82, 2.24) is 5.32 Å². The normalized spacial score (nSPS) is 13.2. The van der Waals surface area contributed by atoms with Crippen molar-refractivity contribution in [3.63, 3.8) is 0 Å². The van der Waals surface area contributed by atoms with Gasteiger partial charge in [0.25, 0.3) is 0 Å². The number of amides is 1. The van der Waals surface area contributed by atoms with E-state index >= 15 is 0 Å². The molecule has 4 N–H and O–H groups in total. The Labute approximate surface area is 427 Å². The van der Waals surface area contributed by atoms with E-state index in [2.05, 4.69) is 19.2 Å². The average Bonchev–Trinajstić information content (AvgIpc) is 3.33. The van der Waals surface area contributed by atoms with Crippen LogP contribution in [0.2, 0.25) is 0 Å². The number of unbranched alkanes of at least 4 members (excludes halogenated alkanes) is 50. The molecule has 0 aliphatic heterocycles. The number of carbonyl (C=O) groups is 1. The van der Waals surface area contributed by atoms with Gasteiger partial charge in [-0.1, -0.05) is 347 Å². The summed E-state index contributed by atoms with van der Waals surface area (Å²) in [6, 6.07) is -0.742. The molecule has 0 bridgehead atoms. The van der Waals surface area contributed by atoms with E-state index in [0.29, 0.717) is 6.42 Å². The van der Waals surface area contributed by atoms with E-state index in [9.17, 15) is 20.1 Å². The lowest BCUT2D eigenvalue weighted by molar-refractivity contribution is -0.124. The zero-order valence-electron chi connectivity index (χ0n) is 46.5. The molecule has 0 aromatic heterocycles. The fourth-order valence-corrected chi connectivity index (χ4v) is 10.3. The second-order valence-corrected chi connectivity index (χ2v) is 22.0. The van der Waals surface area contributed by atoms with Gasteiger partial charge >= 0.3 is 0 Å². The van der Waals surface area contributed by atoms with Gasteiger partial charge in [-0.05, 0) is 19.3 Å². The molecule has 5 nitrogen and oxygen atoms in total. The third-order valence-corrected chi connectivity index (χ3v) is 15.1. The maximum absolute atomic E-state index is 12.6. The van der Waals surface area contributed by atoms with Crippen LogP contribution in [0.4, 0.5) is 0 Å². The Morgan fingerprint density at radius 2 is 0.603 bits per heavy atom. The monoisotopic (exact) mass is 960 g/mol. The molecule has 0 spiro atoms. The first-order valence-electron chi connectivity index (χ1n) is 31.5. The Bertz CT molecular complexity index is 971. The number of nitrogens with one attached hydrogen (secondary N) is 1. The van der Waals surface area contributed by atoms with Gasteiger partial charge in [-0.15, -0.1) is 0 Å². The molecule has 0 saturated heterocycles. The van der Waals surface area contributed by atoms with Gasteiger partial charge in [-0.25, -0.2) is 0 Å². The van der Waals surface area contributed by atoms with Crippen molar-refractivity contribution < 1.29 is 20.1 Å². The highest BCUT2D eigenvalue weighted by molar-refractivity contribution is 5.76. The molecule has 68 heavy (non-hydrogen) atoms. The Hall–Kier alpha value is -0.910. The number of hydrogen-bond acceptors (Lipinski definition) is 4. The van der Waals surface area contributed by atoms with Crippen molar-refractivity contribution >= 4 is 5.91 Å². The van der Waals surface area contributed by atoms with Crippen molar-refractivity contribution in [3.8, 4) is 0 Å². The summed E-state index contributed by atoms with van der Waals surface area (Å²) in [4.78, 5) is 12.6. The summed E-state index contributed by atoms with van der Waals surface area (Å²) in [6.45, 7) is 4.27. The standard InChI is InChI=1S/C63H125NO4/c1-3-5-7-9-11-13-15-17-19-21-23-25-27-29-30-31-33-34-36-38-40-42-44-46-48-50-52-54-56-60(66)58-63(68)64-61(59-65)62(67)57-55-53-51-49-47-45-43-41-39-37-35-32-28-26-24-22-20-18-16-14-12-10-8-6-4-2/h55,57,60-62,65-67H,3-54,56,58-59H2,1-2H3,(H,64,68)/b57-55+. The van der Waals surface area contributed by atoms with Crippen LogP contribution in [0, 0.1) is 0 Å². The average molecular weight is 961 g/mol. The minimum absolute atomic E-state index is 0.0198. The van der Waals surface area contributed by atoms with Crippen LogP contribution in [0.3, 0.4) is 0 Å². The molecule has 0 aliphatic carbocycles. The van der Waals surface area contributed by atoms with E-state index in [-0.39, 0.29) is 18.9 Å². The zero-order valence-corrected chi connectivity index (χ0v) is 46.5. The first-order chi connectivity index (χ1) is 33.5.